The van der Waals surface area contributed by atoms with Crippen LogP contribution in [0.15, 0.2) is 6.33 Å². The van der Waals surface area contributed by atoms with E-state index < -0.39 is 12.0 Å². The van der Waals surface area contributed by atoms with Crippen molar-refractivity contribution in [1.82, 2.24) is 14.8 Å². The maximum absolute atomic E-state index is 10.4. The van der Waals surface area contributed by atoms with Gasteiger partial charge in [0.25, 0.3) is 0 Å². The highest BCUT2D eigenvalue weighted by atomic mass is 16.4. The molecule has 1 aromatic rings. The van der Waals surface area contributed by atoms with Crippen LogP contribution in [0.5, 0.6) is 0 Å². The molecule has 6 nitrogen and oxygen atoms in total. The highest BCUT2D eigenvalue weighted by molar-refractivity contribution is 5.73. The molecule has 12 heavy (non-hydrogen) atoms. The van der Waals surface area contributed by atoms with Crippen LogP contribution in [0.4, 0.5) is 0 Å². The number of aromatic nitrogens is 3. The van der Waals surface area contributed by atoms with Gasteiger partial charge in [-0.15, -0.1) is 10.2 Å². The fraction of sp³-hybridized carbons (Fsp3) is 0.500. The number of aryl methyl sites for hydroxylation is 1. The zero-order chi connectivity index (χ0) is 9.14. The summed E-state index contributed by atoms with van der Waals surface area (Å²) in [5.74, 6) is -0.456. The first-order valence-electron chi connectivity index (χ1n) is 3.42. The molecule has 1 aromatic heterocycles. The Balaban J connectivity index is 2.64. The summed E-state index contributed by atoms with van der Waals surface area (Å²) in [6.07, 6.45) is 1.70. The molecule has 66 valence electrons. The van der Waals surface area contributed by atoms with Gasteiger partial charge in [0.2, 0.25) is 0 Å². The van der Waals surface area contributed by atoms with Gasteiger partial charge in [-0.1, -0.05) is 0 Å². The Morgan fingerprint density at radius 3 is 3.00 bits per heavy atom. The van der Waals surface area contributed by atoms with Gasteiger partial charge in [0.15, 0.2) is 0 Å². The number of carboxylic acids is 1. The largest absolute Gasteiger partial charge is 0.480 e. The zero-order valence-corrected chi connectivity index (χ0v) is 6.64. The van der Waals surface area contributed by atoms with E-state index in [1.165, 1.54) is 6.33 Å². The number of hydrogen-bond acceptors (Lipinski definition) is 4. The molecule has 0 fully saturated rings. The van der Waals surface area contributed by atoms with Crippen molar-refractivity contribution in [2.75, 3.05) is 0 Å². The lowest BCUT2D eigenvalue weighted by Crippen LogP contribution is -2.33. The average Bonchev–Trinajstić information content (AvgIpc) is 2.36. The number of aliphatic carboxylic acids is 1. The molecule has 0 saturated heterocycles. The van der Waals surface area contributed by atoms with Crippen LogP contribution in [0.1, 0.15) is 5.82 Å². The van der Waals surface area contributed by atoms with Gasteiger partial charge < -0.3 is 15.4 Å². The Bertz CT molecular complexity index is 283. The molecule has 0 bridgehead atoms. The van der Waals surface area contributed by atoms with E-state index in [4.69, 9.17) is 10.8 Å². The minimum atomic E-state index is -1.03. The molecule has 1 atom stereocenters. The van der Waals surface area contributed by atoms with E-state index in [2.05, 4.69) is 10.2 Å². The van der Waals surface area contributed by atoms with Crippen molar-refractivity contribution in [2.24, 2.45) is 12.8 Å². The highest BCUT2D eigenvalue weighted by Gasteiger charge is 2.14. The molecule has 1 rings (SSSR count). The quantitative estimate of drug-likeness (QED) is 0.592. The summed E-state index contributed by atoms with van der Waals surface area (Å²) in [6.45, 7) is 0. The Kier molecular flexibility index (Phi) is 2.39. The van der Waals surface area contributed by atoms with Crippen molar-refractivity contribution in [3.05, 3.63) is 12.2 Å². The van der Waals surface area contributed by atoms with Gasteiger partial charge in [0.05, 0.1) is 0 Å². The van der Waals surface area contributed by atoms with Crippen molar-refractivity contribution in [3.8, 4) is 0 Å². The zero-order valence-electron chi connectivity index (χ0n) is 6.64. The topological polar surface area (TPSA) is 94.0 Å². The van der Waals surface area contributed by atoms with E-state index >= 15 is 0 Å². The summed E-state index contributed by atoms with van der Waals surface area (Å²) in [4.78, 5) is 10.4. The Labute approximate surface area is 69.0 Å². The van der Waals surface area contributed by atoms with E-state index in [-0.39, 0.29) is 6.42 Å². The van der Waals surface area contributed by atoms with Crippen molar-refractivity contribution < 1.29 is 9.90 Å². The number of carboxylic acid groups (broad SMARTS) is 1. The molecule has 0 spiro atoms. The third-order valence-electron chi connectivity index (χ3n) is 1.52. The Hall–Kier alpha value is -1.43. The van der Waals surface area contributed by atoms with Crippen LogP contribution in [-0.4, -0.2) is 31.9 Å². The second-order valence-corrected chi connectivity index (χ2v) is 2.51. The first-order chi connectivity index (χ1) is 5.61. The second kappa shape index (κ2) is 3.31. The minimum Gasteiger partial charge on any atom is -0.480 e. The molecule has 0 saturated carbocycles. The van der Waals surface area contributed by atoms with Crippen LogP contribution in [0, 0.1) is 0 Å². The predicted octanol–water partition coefficient (Wildman–Crippen LogP) is -1.23. The maximum Gasteiger partial charge on any atom is 0.320 e. The molecule has 1 unspecified atom stereocenters. The Morgan fingerprint density at radius 2 is 2.58 bits per heavy atom. The van der Waals surface area contributed by atoms with Crippen LogP contribution in [0.25, 0.3) is 0 Å². The summed E-state index contributed by atoms with van der Waals surface area (Å²) in [7, 11) is 1.74. The summed E-state index contributed by atoms with van der Waals surface area (Å²) < 4.78 is 1.64. The van der Waals surface area contributed by atoms with Gasteiger partial charge in [-0.25, -0.2) is 0 Å². The van der Waals surface area contributed by atoms with E-state index in [1.54, 1.807) is 11.6 Å². The standard InChI is InChI=1S/C6H10N4O2/c1-10-3-8-9-5(10)2-4(7)6(11)12/h3-4H,2,7H2,1H3,(H,11,12). The summed E-state index contributed by atoms with van der Waals surface area (Å²) >= 11 is 0. The summed E-state index contributed by atoms with van der Waals surface area (Å²) in [5, 5.41) is 15.8. The predicted molar refractivity (Wildman–Crippen MR) is 40.3 cm³/mol. The second-order valence-electron chi connectivity index (χ2n) is 2.51. The smallest absolute Gasteiger partial charge is 0.320 e. The molecule has 0 radical (unpaired) electrons. The Morgan fingerprint density at radius 1 is 1.92 bits per heavy atom. The molecule has 0 amide bonds. The molecule has 1 heterocycles. The molecule has 6 heteroatoms. The van der Waals surface area contributed by atoms with Crippen LogP contribution >= 0.6 is 0 Å². The van der Waals surface area contributed by atoms with E-state index in [9.17, 15) is 4.79 Å². The normalized spacial score (nSPS) is 12.8. The van der Waals surface area contributed by atoms with Gasteiger partial charge in [0.1, 0.15) is 18.2 Å². The van der Waals surface area contributed by atoms with Gasteiger partial charge >= 0.3 is 5.97 Å². The molecule has 0 aliphatic carbocycles. The SMILES string of the molecule is Cn1cnnc1CC(N)C(=O)O. The lowest BCUT2D eigenvalue weighted by Gasteiger charge is -2.04. The average molecular weight is 170 g/mol. The first-order valence-corrected chi connectivity index (χ1v) is 3.42. The number of hydrogen-bond donors (Lipinski definition) is 2. The lowest BCUT2D eigenvalue weighted by molar-refractivity contribution is -0.138. The van der Waals surface area contributed by atoms with Gasteiger partial charge in [0, 0.05) is 13.5 Å². The fourth-order valence-corrected chi connectivity index (χ4v) is 0.776. The van der Waals surface area contributed by atoms with E-state index in [0.29, 0.717) is 5.82 Å². The van der Waals surface area contributed by atoms with Crippen LogP contribution in [-0.2, 0) is 18.3 Å². The van der Waals surface area contributed by atoms with E-state index in [0.717, 1.165) is 0 Å². The van der Waals surface area contributed by atoms with Crippen LogP contribution in [0.2, 0.25) is 0 Å². The molecular formula is C6H10N4O2. The van der Waals surface area contributed by atoms with E-state index in [1.807, 2.05) is 0 Å². The molecule has 0 aliphatic heterocycles. The van der Waals surface area contributed by atoms with Crippen molar-refractivity contribution in [1.29, 1.82) is 0 Å². The minimum absolute atomic E-state index is 0.200. The van der Waals surface area contributed by atoms with Crippen LogP contribution < -0.4 is 5.73 Å². The molecule has 3 N–H and O–H groups in total. The van der Waals surface area contributed by atoms with Crippen molar-refractivity contribution in [3.63, 3.8) is 0 Å². The highest BCUT2D eigenvalue weighted by Crippen LogP contribution is 1.95. The fourth-order valence-electron chi connectivity index (χ4n) is 0.776. The number of carbonyl (C=O) groups is 1. The molecule has 0 aliphatic rings. The van der Waals surface area contributed by atoms with Crippen molar-refractivity contribution >= 4 is 5.97 Å². The first kappa shape index (κ1) is 8.66. The third kappa shape index (κ3) is 1.79. The lowest BCUT2D eigenvalue weighted by atomic mass is 10.2. The van der Waals surface area contributed by atoms with Gasteiger partial charge in [-0.2, -0.15) is 0 Å². The molecule has 0 aromatic carbocycles. The number of nitrogens with two attached hydrogens (primary N) is 1. The monoisotopic (exact) mass is 170 g/mol. The van der Waals surface area contributed by atoms with Crippen LogP contribution in [0.3, 0.4) is 0 Å². The number of nitrogens with zero attached hydrogens (tertiary/aromatic N) is 3. The number of rotatable bonds is 3. The molecular weight excluding hydrogens is 160 g/mol. The van der Waals surface area contributed by atoms with Gasteiger partial charge in [-0.05, 0) is 0 Å². The van der Waals surface area contributed by atoms with Gasteiger partial charge in [-0.3, -0.25) is 4.79 Å². The summed E-state index contributed by atoms with van der Waals surface area (Å²) in [5.41, 5.74) is 5.30. The maximum atomic E-state index is 10.4. The third-order valence-corrected chi connectivity index (χ3v) is 1.52. The summed E-state index contributed by atoms with van der Waals surface area (Å²) in [6, 6.07) is -0.909. The van der Waals surface area contributed by atoms with Crippen molar-refractivity contribution in [2.45, 2.75) is 12.5 Å².